The Bertz CT molecular complexity index is 528. The van der Waals surface area contributed by atoms with Gasteiger partial charge in [-0.05, 0) is 24.5 Å². The summed E-state index contributed by atoms with van der Waals surface area (Å²) in [6.07, 6.45) is 0.878. The summed E-state index contributed by atoms with van der Waals surface area (Å²) in [7, 11) is 1.62. The van der Waals surface area contributed by atoms with E-state index in [1.54, 1.807) is 13.1 Å². The topological polar surface area (TPSA) is 55.8 Å². The molecule has 1 aromatic rings. The van der Waals surface area contributed by atoms with Crippen LogP contribution in [0.15, 0.2) is 18.2 Å². The zero-order valence-corrected chi connectivity index (χ0v) is 12.6. The van der Waals surface area contributed by atoms with E-state index in [4.69, 9.17) is 5.11 Å². The average molecular weight is 313 g/mol. The summed E-state index contributed by atoms with van der Waals surface area (Å²) in [4.78, 5) is 15.1. The van der Waals surface area contributed by atoms with Crippen molar-refractivity contribution in [2.45, 2.75) is 6.42 Å². The van der Waals surface area contributed by atoms with Crippen LogP contribution < -0.4 is 10.2 Å². The van der Waals surface area contributed by atoms with Crippen LogP contribution in [0.2, 0.25) is 0 Å². The lowest BCUT2D eigenvalue weighted by molar-refractivity contribution is 0.189. The highest BCUT2D eigenvalue weighted by molar-refractivity contribution is 5.73. The molecule has 0 radical (unpaired) electrons. The number of nitrogens with zero attached hydrogens (tertiary/aromatic N) is 2. The largest absolute Gasteiger partial charge is 0.395 e. The summed E-state index contributed by atoms with van der Waals surface area (Å²) < 4.78 is 26.2. The predicted octanol–water partition coefficient (Wildman–Crippen LogP) is 1.42. The Morgan fingerprint density at radius 3 is 2.91 bits per heavy atom. The molecule has 122 valence electrons. The molecule has 1 atom stereocenters. The van der Waals surface area contributed by atoms with E-state index in [-0.39, 0.29) is 25.1 Å². The van der Waals surface area contributed by atoms with E-state index in [2.05, 4.69) is 5.32 Å². The molecule has 1 fully saturated rings. The number of aliphatic hydroxyl groups is 1. The number of likely N-dealkylation sites (N-methyl/N-ethyl adjacent to an activating group) is 1. The molecule has 0 saturated carbocycles. The van der Waals surface area contributed by atoms with Crippen molar-refractivity contribution < 1.29 is 18.7 Å². The van der Waals surface area contributed by atoms with Crippen molar-refractivity contribution >= 4 is 11.7 Å². The third kappa shape index (κ3) is 4.07. The molecular formula is C15H21F2N3O2. The first kappa shape index (κ1) is 16.5. The van der Waals surface area contributed by atoms with Crippen LogP contribution >= 0.6 is 0 Å². The van der Waals surface area contributed by atoms with Gasteiger partial charge in [-0.1, -0.05) is 0 Å². The first-order chi connectivity index (χ1) is 10.5. The fourth-order valence-electron chi connectivity index (χ4n) is 2.53. The molecule has 1 saturated heterocycles. The Hall–Kier alpha value is -1.89. The normalized spacial score (nSPS) is 17.6. The molecule has 0 aliphatic carbocycles. The van der Waals surface area contributed by atoms with Gasteiger partial charge in [0.15, 0.2) is 11.6 Å². The minimum Gasteiger partial charge on any atom is -0.395 e. The highest BCUT2D eigenvalue weighted by atomic mass is 19.2. The first-order valence-corrected chi connectivity index (χ1v) is 7.31. The van der Waals surface area contributed by atoms with Gasteiger partial charge in [-0.2, -0.15) is 0 Å². The number of urea groups is 1. The van der Waals surface area contributed by atoms with Gasteiger partial charge < -0.3 is 20.2 Å². The molecule has 1 aliphatic rings. The van der Waals surface area contributed by atoms with Crippen molar-refractivity contribution in [2.75, 3.05) is 44.7 Å². The van der Waals surface area contributed by atoms with Crippen molar-refractivity contribution in [1.82, 2.24) is 10.2 Å². The van der Waals surface area contributed by atoms with Gasteiger partial charge in [0.25, 0.3) is 0 Å². The van der Waals surface area contributed by atoms with Crippen LogP contribution in [0.4, 0.5) is 19.3 Å². The Balaban J connectivity index is 1.82. The quantitative estimate of drug-likeness (QED) is 0.864. The van der Waals surface area contributed by atoms with Crippen molar-refractivity contribution in [1.29, 1.82) is 0 Å². The van der Waals surface area contributed by atoms with Gasteiger partial charge in [0.1, 0.15) is 0 Å². The standard InChI is InChI=1S/C15H21F2N3O2/c1-19(6-7-21)15(22)18-9-11-4-5-20(10-11)12-2-3-13(16)14(17)8-12/h2-3,8,11,21H,4-7,9-10H2,1H3,(H,18,22). The Kier molecular flexibility index (Phi) is 5.54. The number of hydrogen-bond donors (Lipinski definition) is 2. The van der Waals surface area contributed by atoms with Crippen molar-refractivity contribution in [3.8, 4) is 0 Å². The van der Waals surface area contributed by atoms with Crippen molar-refractivity contribution in [3.63, 3.8) is 0 Å². The lowest BCUT2D eigenvalue weighted by atomic mass is 10.1. The lowest BCUT2D eigenvalue weighted by Gasteiger charge is -2.20. The van der Waals surface area contributed by atoms with Crippen molar-refractivity contribution in [3.05, 3.63) is 29.8 Å². The van der Waals surface area contributed by atoms with E-state index in [1.807, 2.05) is 4.90 Å². The second-order valence-corrected chi connectivity index (χ2v) is 5.53. The van der Waals surface area contributed by atoms with Gasteiger partial charge in [-0.25, -0.2) is 13.6 Å². The summed E-state index contributed by atoms with van der Waals surface area (Å²) in [5, 5.41) is 11.6. The monoisotopic (exact) mass is 313 g/mol. The van der Waals surface area contributed by atoms with Gasteiger partial charge in [0.2, 0.25) is 0 Å². The van der Waals surface area contributed by atoms with Crippen molar-refractivity contribution in [2.24, 2.45) is 5.92 Å². The summed E-state index contributed by atoms with van der Waals surface area (Å²) in [6, 6.07) is 3.67. The maximum atomic E-state index is 13.3. The van der Waals surface area contributed by atoms with Crippen LogP contribution in [0.25, 0.3) is 0 Å². The van der Waals surface area contributed by atoms with Crippen LogP contribution in [0.5, 0.6) is 0 Å². The van der Waals surface area contributed by atoms with Gasteiger partial charge in [0, 0.05) is 45.0 Å². The summed E-state index contributed by atoms with van der Waals surface area (Å²) in [6.45, 7) is 2.18. The van der Waals surface area contributed by atoms with Gasteiger partial charge >= 0.3 is 6.03 Å². The molecule has 2 rings (SSSR count). The number of amides is 2. The van der Waals surface area contributed by atoms with Gasteiger partial charge in [0.05, 0.1) is 6.61 Å². The van der Waals surface area contributed by atoms with Gasteiger partial charge in [-0.3, -0.25) is 0 Å². The lowest BCUT2D eigenvalue weighted by Crippen LogP contribution is -2.41. The first-order valence-electron chi connectivity index (χ1n) is 7.31. The third-order valence-corrected chi connectivity index (χ3v) is 3.88. The number of halogens is 2. The highest BCUT2D eigenvalue weighted by Gasteiger charge is 2.24. The zero-order valence-electron chi connectivity index (χ0n) is 12.6. The number of benzene rings is 1. The summed E-state index contributed by atoms with van der Waals surface area (Å²) >= 11 is 0. The van der Waals surface area contributed by atoms with E-state index < -0.39 is 11.6 Å². The van der Waals surface area contributed by atoms with Crippen LogP contribution in [0, 0.1) is 17.6 Å². The smallest absolute Gasteiger partial charge is 0.317 e. The molecule has 7 heteroatoms. The minimum atomic E-state index is -0.848. The van der Waals surface area contributed by atoms with Crippen LogP contribution in [-0.2, 0) is 0 Å². The minimum absolute atomic E-state index is 0.0722. The van der Waals surface area contributed by atoms with E-state index in [1.165, 1.54) is 11.0 Å². The van der Waals surface area contributed by atoms with E-state index in [0.29, 0.717) is 18.8 Å². The second kappa shape index (κ2) is 7.40. The summed E-state index contributed by atoms with van der Waals surface area (Å²) in [5.74, 6) is -1.43. The highest BCUT2D eigenvalue weighted by Crippen LogP contribution is 2.24. The molecular weight excluding hydrogens is 292 g/mol. The fourth-order valence-corrected chi connectivity index (χ4v) is 2.53. The molecule has 0 bridgehead atoms. The number of hydrogen-bond acceptors (Lipinski definition) is 3. The van der Waals surface area contributed by atoms with Crippen LogP contribution in [0.3, 0.4) is 0 Å². The number of carbonyl (C=O) groups excluding carboxylic acids is 1. The van der Waals surface area contributed by atoms with Crippen LogP contribution in [0.1, 0.15) is 6.42 Å². The maximum Gasteiger partial charge on any atom is 0.317 e. The van der Waals surface area contributed by atoms with E-state index in [9.17, 15) is 13.6 Å². The molecule has 1 unspecified atom stereocenters. The Morgan fingerprint density at radius 2 is 2.23 bits per heavy atom. The molecule has 1 aliphatic heterocycles. The molecule has 5 nitrogen and oxygen atoms in total. The molecule has 0 spiro atoms. The van der Waals surface area contributed by atoms with E-state index in [0.717, 1.165) is 19.0 Å². The van der Waals surface area contributed by atoms with Crippen LogP contribution in [-0.4, -0.2) is 55.9 Å². The molecule has 22 heavy (non-hydrogen) atoms. The number of aliphatic hydroxyl groups excluding tert-OH is 1. The molecule has 1 heterocycles. The van der Waals surface area contributed by atoms with Gasteiger partial charge in [-0.15, -0.1) is 0 Å². The number of carbonyl (C=O) groups is 1. The number of anilines is 1. The fraction of sp³-hybridized carbons (Fsp3) is 0.533. The average Bonchev–Trinajstić information content (AvgIpc) is 2.96. The maximum absolute atomic E-state index is 13.3. The molecule has 2 N–H and O–H groups in total. The SMILES string of the molecule is CN(CCO)C(=O)NCC1CCN(c2ccc(F)c(F)c2)C1. The predicted molar refractivity (Wildman–Crippen MR) is 79.8 cm³/mol. The Morgan fingerprint density at radius 1 is 1.45 bits per heavy atom. The molecule has 0 aromatic heterocycles. The molecule has 1 aromatic carbocycles. The Labute approximate surface area is 128 Å². The molecule has 2 amide bonds. The second-order valence-electron chi connectivity index (χ2n) is 5.53. The summed E-state index contributed by atoms with van der Waals surface area (Å²) in [5.41, 5.74) is 0.658. The number of rotatable bonds is 5. The third-order valence-electron chi connectivity index (χ3n) is 3.88. The number of nitrogens with one attached hydrogen (secondary N) is 1. The zero-order chi connectivity index (χ0) is 16.1. The van der Waals surface area contributed by atoms with E-state index >= 15 is 0 Å².